The maximum absolute atomic E-state index is 5.34. The van der Waals surface area contributed by atoms with Crippen molar-refractivity contribution in [3.63, 3.8) is 0 Å². The molecular weight excluding hydrogens is 587 g/mol. The van der Waals surface area contributed by atoms with Gasteiger partial charge in [0.05, 0.1) is 32.6 Å². The third-order valence-corrected chi connectivity index (χ3v) is 11.1. The van der Waals surface area contributed by atoms with Gasteiger partial charge < -0.3 is 4.57 Å². The van der Waals surface area contributed by atoms with Crippen molar-refractivity contribution in [1.29, 1.82) is 0 Å². The monoisotopic (exact) mass is 609 g/mol. The van der Waals surface area contributed by atoms with E-state index in [0.29, 0.717) is 0 Å². The molecule has 5 heteroatoms. The molecule has 0 saturated carbocycles. The molecule has 0 spiro atoms. The highest BCUT2D eigenvalue weighted by Crippen LogP contribution is 2.46. The van der Waals surface area contributed by atoms with Crippen molar-refractivity contribution < 1.29 is 0 Å². The minimum atomic E-state index is 0.741. The first-order valence-electron chi connectivity index (χ1n) is 15.0. The van der Waals surface area contributed by atoms with Crippen molar-refractivity contribution in [2.75, 3.05) is 0 Å². The van der Waals surface area contributed by atoms with E-state index >= 15 is 0 Å². The molecule has 0 atom stereocenters. The molecule has 0 radical (unpaired) electrons. The topological polar surface area (TPSA) is 30.7 Å². The number of benzene rings is 6. The van der Waals surface area contributed by atoms with Crippen molar-refractivity contribution in [3.8, 4) is 28.3 Å². The van der Waals surface area contributed by atoms with Crippen LogP contribution in [0.1, 0.15) is 0 Å². The van der Waals surface area contributed by atoms with Crippen LogP contribution in [0, 0.1) is 0 Å². The standard InChI is InChI=1S/C40H23N3S2/c1-2-12-24(13-3-1)40-41-37(39-38(42-40)28-17-7-11-21-33(28)45-39)26-15-5-9-19-30(26)43-29-18-8-4-14-25(29)35-31(43)22-23-34-36(35)27-16-6-10-20-32(27)44-34/h1-23H. The SMILES string of the molecule is c1ccc(-c2nc(-c3ccccc3-n3c4ccccc4c4c5c(ccc43)sc3ccccc35)c3sc4ccccc4c3n2)cc1. The fourth-order valence-corrected chi connectivity index (χ4v) is 9.15. The minimum absolute atomic E-state index is 0.741. The number of aromatic nitrogens is 3. The molecule has 3 nitrogen and oxygen atoms in total. The molecule has 0 aliphatic heterocycles. The molecule has 0 aliphatic carbocycles. The van der Waals surface area contributed by atoms with Crippen LogP contribution in [0.5, 0.6) is 0 Å². The van der Waals surface area contributed by atoms with Gasteiger partial charge in [0.1, 0.15) is 0 Å². The summed E-state index contributed by atoms with van der Waals surface area (Å²) in [5.41, 5.74) is 7.56. The van der Waals surface area contributed by atoms with E-state index in [1.54, 1.807) is 11.3 Å². The molecule has 10 rings (SSSR count). The Morgan fingerprint density at radius 3 is 2.02 bits per heavy atom. The summed E-state index contributed by atoms with van der Waals surface area (Å²) in [4.78, 5) is 10.5. The number of nitrogens with zero attached hydrogens (tertiary/aromatic N) is 3. The van der Waals surface area contributed by atoms with E-state index in [1.165, 1.54) is 52.1 Å². The number of hydrogen-bond acceptors (Lipinski definition) is 4. The molecule has 0 fully saturated rings. The van der Waals surface area contributed by atoms with Crippen molar-refractivity contribution in [3.05, 3.63) is 140 Å². The summed E-state index contributed by atoms with van der Waals surface area (Å²) in [6, 6.07) is 49.8. The van der Waals surface area contributed by atoms with Crippen molar-refractivity contribution >= 4 is 85.0 Å². The van der Waals surface area contributed by atoms with E-state index in [0.717, 1.165) is 38.5 Å². The van der Waals surface area contributed by atoms with E-state index in [2.05, 4.69) is 138 Å². The predicted octanol–water partition coefficient (Wildman–Crippen LogP) is 11.6. The zero-order valence-corrected chi connectivity index (χ0v) is 25.6. The average Bonchev–Trinajstić information content (AvgIpc) is 3.77. The first-order valence-corrected chi connectivity index (χ1v) is 16.6. The third-order valence-electron chi connectivity index (χ3n) is 8.83. The van der Waals surface area contributed by atoms with E-state index in [4.69, 9.17) is 9.97 Å². The first kappa shape index (κ1) is 25.0. The highest BCUT2D eigenvalue weighted by Gasteiger charge is 2.22. The Morgan fingerprint density at radius 1 is 0.467 bits per heavy atom. The van der Waals surface area contributed by atoms with E-state index in [1.807, 2.05) is 17.4 Å². The Labute approximate surface area is 266 Å². The van der Waals surface area contributed by atoms with Crippen LogP contribution in [-0.2, 0) is 0 Å². The smallest absolute Gasteiger partial charge is 0.160 e. The second kappa shape index (κ2) is 9.57. The summed E-state index contributed by atoms with van der Waals surface area (Å²) < 4.78 is 7.40. The number of rotatable bonds is 3. The molecule has 6 aromatic carbocycles. The lowest BCUT2D eigenvalue weighted by Gasteiger charge is -2.15. The van der Waals surface area contributed by atoms with Crippen LogP contribution in [0.2, 0.25) is 0 Å². The van der Waals surface area contributed by atoms with Gasteiger partial charge in [-0.25, -0.2) is 9.97 Å². The van der Waals surface area contributed by atoms with Crippen molar-refractivity contribution in [1.82, 2.24) is 14.5 Å². The first-order chi connectivity index (χ1) is 22.3. The molecule has 0 amide bonds. The largest absolute Gasteiger partial charge is 0.309 e. The number of para-hydroxylation sites is 2. The second-order valence-corrected chi connectivity index (χ2v) is 13.5. The molecule has 0 unspecified atom stereocenters. The van der Waals surface area contributed by atoms with Crippen LogP contribution in [0.15, 0.2) is 140 Å². The van der Waals surface area contributed by atoms with E-state index in [9.17, 15) is 0 Å². The molecule has 10 aromatic rings. The van der Waals surface area contributed by atoms with Gasteiger partial charge in [-0.05, 0) is 36.4 Å². The number of fused-ring (bicyclic) bond motifs is 10. The summed E-state index contributed by atoms with van der Waals surface area (Å²) in [5.74, 6) is 0.741. The van der Waals surface area contributed by atoms with Gasteiger partial charge in [0.15, 0.2) is 5.82 Å². The molecular formula is C40H23N3S2. The van der Waals surface area contributed by atoms with Gasteiger partial charge in [-0.15, -0.1) is 22.7 Å². The third kappa shape index (κ3) is 3.62. The normalized spacial score (nSPS) is 12.0. The minimum Gasteiger partial charge on any atom is -0.309 e. The molecule has 0 aliphatic rings. The van der Waals surface area contributed by atoms with Crippen LogP contribution < -0.4 is 0 Å². The Bertz CT molecular complexity index is 2770. The highest BCUT2D eigenvalue weighted by atomic mass is 32.1. The summed E-state index contributed by atoms with van der Waals surface area (Å²) in [6.45, 7) is 0. The number of hydrogen-bond donors (Lipinski definition) is 0. The average molecular weight is 610 g/mol. The van der Waals surface area contributed by atoms with Gasteiger partial charge in [-0.2, -0.15) is 0 Å². The van der Waals surface area contributed by atoms with Crippen molar-refractivity contribution in [2.24, 2.45) is 0 Å². The summed E-state index contributed by atoms with van der Waals surface area (Å²) >= 11 is 3.64. The highest BCUT2D eigenvalue weighted by molar-refractivity contribution is 7.26. The van der Waals surface area contributed by atoms with Crippen LogP contribution in [0.4, 0.5) is 0 Å². The van der Waals surface area contributed by atoms with Crippen LogP contribution in [0.3, 0.4) is 0 Å². The molecule has 4 heterocycles. The quantitative estimate of drug-likeness (QED) is 0.199. The Kier molecular flexibility index (Phi) is 5.32. The van der Waals surface area contributed by atoms with Gasteiger partial charge in [-0.1, -0.05) is 103 Å². The lowest BCUT2D eigenvalue weighted by molar-refractivity contribution is 1.17. The van der Waals surface area contributed by atoms with Crippen molar-refractivity contribution in [2.45, 2.75) is 0 Å². The molecule has 4 aromatic heterocycles. The Balaban J connectivity index is 1.34. The van der Waals surface area contributed by atoms with E-state index in [-0.39, 0.29) is 0 Å². The molecule has 210 valence electrons. The van der Waals surface area contributed by atoms with Crippen LogP contribution in [0.25, 0.3) is 90.6 Å². The lowest BCUT2D eigenvalue weighted by atomic mass is 10.1. The maximum Gasteiger partial charge on any atom is 0.160 e. The predicted molar refractivity (Wildman–Crippen MR) is 193 cm³/mol. The van der Waals surface area contributed by atoms with Gasteiger partial charge in [0.2, 0.25) is 0 Å². The molecule has 0 N–H and O–H groups in total. The Hall–Kier alpha value is -5.36. The summed E-state index contributed by atoms with van der Waals surface area (Å²) in [7, 11) is 0. The van der Waals surface area contributed by atoms with Crippen LogP contribution >= 0.6 is 22.7 Å². The maximum atomic E-state index is 5.34. The fraction of sp³-hybridized carbons (Fsp3) is 0. The zero-order chi connectivity index (χ0) is 29.5. The Morgan fingerprint density at radius 2 is 1.16 bits per heavy atom. The van der Waals surface area contributed by atoms with Crippen LogP contribution in [-0.4, -0.2) is 14.5 Å². The van der Waals surface area contributed by atoms with Gasteiger partial charge in [-0.3, -0.25) is 0 Å². The molecule has 0 bridgehead atoms. The molecule has 45 heavy (non-hydrogen) atoms. The van der Waals surface area contributed by atoms with Gasteiger partial charge in [0, 0.05) is 52.2 Å². The summed E-state index contributed by atoms with van der Waals surface area (Å²) in [5, 5.41) is 6.38. The van der Waals surface area contributed by atoms with E-state index < -0.39 is 0 Å². The van der Waals surface area contributed by atoms with Gasteiger partial charge in [0.25, 0.3) is 0 Å². The van der Waals surface area contributed by atoms with Gasteiger partial charge >= 0.3 is 0 Å². The fourth-order valence-electron chi connectivity index (χ4n) is 6.89. The zero-order valence-electron chi connectivity index (χ0n) is 23.9. The molecule has 0 saturated heterocycles. The lowest BCUT2D eigenvalue weighted by Crippen LogP contribution is -2.00. The number of thiophene rings is 2. The summed E-state index contributed by atoms with van der Waals surface area (Å²) in [6.07, 6.45) is 0. The second-order valence-electron chi connectivity index (χ2n) is 11.3.